The second-order valence-corrected chi connectivity index (χ2v) is 5.61. The smallest absolute Gasteiger partial charge is 0.123 e. The highest BCUT2D eigenvalue weighted by atomic mass is 35.5. The summed E-state index contributed by atoms with van der Waals surface area (Å²) in [6, 6.07) is 6.53. The topological polar surface area (TPSA) is 17.8 Å². The third kappa shape index (κ3) is 3.33. The van der Waals surface area contributed by atoms with E-state index in [1.807, 2.05) is 25.5 Å². The van der Waals surface area contributed by atoms with E-state index < -0.39 is 5.41 Å². The molecule has 0 unspecified atom stereocenters. The molecule has 0 amide bonds. The average Bonchev–Trinajstić information content (AvgIpc) is 2.86. The van der Waals surface area contributed by atoms with Crippen molar-refractivity contribution in [1.29, 1.82) is 0 Å². The molecule has 2 nitrogen and oxygen atoms in total. The molecule has 1 heterocycles. The highest BCUT2D eigenvalue weighted by molar-refractivity contribution is 6.22. The molecule has 0 fully saturated rings. The molecule has 1 aromatic heterocycles. The monoisotopic (exact) mass is 314 g/mol. The number of alkyl halides is 2. The van der Waals surface area contributed by atoms with E-state index in [0.29, 0.717) is 11.8 Å². The molecule has 108 valence electrons. The average molecular weight is 315 g/mol. The molecule has 2 rings (SSSR count). The fraction of sp³-hybridized carbons (Fsp3) is 0.400. The van der Waals surface area contributed by atoms with Crippen molar-refractivity contribution in [3.8, 4) is 0 Å². The maximum Gasteiger partial charge on any atom is 0.123 e. The Bertz CT molecular complexity index is 565. The first-order valence-electron chi connectivity index (χ1n) is 6.45. The molecule has 0 bridgehead atoms. The highest BCUT2D eigenvalue weighted by Gasteiger charge is 2.30. The van der Waals surface area contributed by atoms with Crippen LogP contribution in [0.15, 0.2) is 36.7 Å². The van der Waals surface area contributed by atoms with Crippen molar-refractivity contribution < 1.29 is 4.39 Å². The van der Waals surface area contributed by atoms with Gasteiger partial charge in [-0.15, -0.1) is 23.2 Å². The molecule has 1 aromatic carbocycles. The van der Waals surface area contributed by atoms with E-state index in [0.717, 1.165) is 24.0 Å². The molecule has 0 saturated heterocycles. The third-order valence-corrected chi connectivity index (χ3v) is 4.62. The van der Waals surface area contributed by atoms with Crippen LogP contribution in [0.4, 0.5) is 4.39 Å². The molecular weight excluding hydrogens is 298 g/mol. The summed E-state index contributed by atoms with van der Waals surface area (Å²) in [5, 5.41) is 4.15. The van der Waals surface area contributed by atoms with Crippen LogP contribution in [0.25, 0.3) is 0 Å². The summed E-state index contributed by atoms with van der Waals surface area (Å²) in [6.07, 6.45) is 5.37. The number of aromatic nitrogens is 2. The molecule has 0 atom stereocenters. The number of rotatable bonds is 6. The van der Waals surface area contributed by atoms with Crippen LogP contribution in [-0.4, -0.2) is 21.5 Å². The van der Waals surface area contributed by atoms with Gasteiger partial charge < -0.3 is 0 Å². The first-order valence-corrected chi connectivity index (χ1v) is 7.52. The van der Waals surface area contributed by atoms with Crippen molar-refractivity contribution in [2.75, 3.05) is 11.8 Å². The Morgan fingerprint density at radius 3 is 2.60 bits per heavy atom. The second kappa shape index (κ2) is 6.59. The van der Waals surface area contributed by atoms with Gasteiger partial charge in [-0.2, -0.15) is 5.10 Å². The lowest BCUT2D eigenvalue weighted by Gasteiger charge is -2.30. The predicted molar refractivity (Wildman–Crippen MR) is 81.0 cm³/mol. The van der Waals surface area contributed by atoms with E-state index in [9.17, 15) is 4.39 Å². The van der Waals surface area contributed by atoms with E-state index in [2.05, 4.69) is 5.10 Å². The molecule has 0 aliphatic rings. The number of aryl methyl sites for hydroxylation is 2. The van der Waals surface area contributed by atoms with Gasteiger partial charge in [0.1, 0.15) is 5.82 Å². The first-order chi connectivity index (χ1) is 9.59. The lowest BCUT2D eigenvalue weighted by atomic mass is 9.79. The zero-order valence-corrected chi connectivity index (χ0v) is 12.8. The van der Waals surface area contributed by atoms with Crippen LogP contribution >= 0.6 is 23.2 Å². The van der Waals surface area contributed by atoms with E-state index >= 15 is 0 Å². The standard InChI is InChI=1S/C15H17Cl2FN2/c1-20-9-12(8-19-20)5-6-15(10-16,11-17)13-3-2-4-14(18)7-13/h2-4,7-9H,5-6,10-11H2,1H3. The molecule has 0 aliphatic carbocycles. The summed E-state index contributed by atoms with van der Waals surface area (Å²) in [4.78, 5) is 0. The molecule has 2 aromatic rings. The van der Waals surface area contributed by atoms with Crippen LogP contribution in [0.2, 0.25) is 0 Å². The Morgan fingerprint density at radius 1 is 1.30 bits per heavy atom. The molecule has 20 heavy (non-hydrogen) atoms. The molecular formula is C15H17Cl2FN2. The highest BCUT2D eigenvalue weighted by Crippen LogP contribution is 2.33. The molecule has 0 spiro atoms. The lowest BCUT2D eigenvalue weighted by Crippen LogP contribution is -2.31. The Morgan fingerprint density at radius 2 is 2.05 bits per heavy atom. The molecule has 0 N–H and O–H groups in total. The van der Waals surface area contributed by atoms with E-state index in [1.54, 1.807) is 10.7 Å². The zero-order valence-electron chi connectivity index (χ0n) is 11.3. The number of benzene rings is 1. The summed E-state index contributed by atoms with van der Waals surface area (Å²) in [6.45, 7) is 0. The molecule has 0 radical (unpaired) electrons. The Labute approximate surface area is 128 Å². The number of hydrogen-bond acceptors (Lipinski definition) is 1. The van der Waals surface area contributed by atoms with E-state index in [1.165, 1.54) is 12.1 Å². The largest absolute Gasteiger partial charge is 0.276 e. The van der Waals surface area contributed by atoms with Crippen LogP contribution in [0.5, 0.6) is 0 Å². The summed E-state index contributed by atoms with van der Waals surface area (Å²) in [5.41, 5.74) is 1.57. The minimum Gasteiger partial charge on any atom is -0.276 e. The van der Waals surface area contributed by atoms with Gasteiger partial charge in [0, 0.05) is 30.4 Å². The van der Waals surface area contributed by atoms with Crippen molar-refractivity contribution in [1.82, 2.24) is 9.78 Å². The fourth-order valence-electron chi connectivity index (χ4n) is 2.27. The SMILES string of the molecule is Cn1cc(CCC(CCl)(CCl)c2cccc(F)c2)cn1. The second-order valence-electron chi connectivity index (χ2n) is 5.08. The quantitative estimate of drug-likeness (QED) is 0.739. The minimum atomic E-state index is -0.416. The number of halogens is 3. The normalized spacial score (nSPS) is 11.8. The predicted octanol–water partition coefficient (Wildman–Crippen LogP) is 3.91. The van der Waals surface area contributed by atoms with Crippen LogP contribution in [0.1, 0.15) is 17.5 Å². The van der Waals surface area contributed by atoms with Crippen molar-refractivity contribution in [2.45, 2.75) is 18.3 Å². The van der Waals surface area contributed by atoms with Crippen LogP contribution < -0.4 is 0 Å². The minimum absolute atomic E-state index is 0.261. The maximum absolute atomic E-state index is 13.4. The Hall–Kier alpha value is -1.06. The van der Waals surface area contributed by atoms with Crippen molar-refractivity contribution in [3.63, 3.8) is 0 Å². The third-order valence-electron chi connectivity index (χ3n) is 3.60. The molecule has 5 heteroatoms. The van der Waals surface area contributed by atoms with Gasteiger partial charge in [-0.3, -0.25) is 4.68 Å². The van der Waals surface area contributed by atoms with Gasteiger partial charge in [0.25, 0.3) is 0 Å². The summed E-state index contributed by atoms with van der Waals surface area (Å²) in [5.74, 6) is 0.462. The summed E-state index contributed by atoms with van der Waals surface area (Å²) in [7, 11) is 1.88. The summed E-state index contributed by atoms with van der Waals surface area (Å²) < 4.78 is 15.2. The number of nitrogens with zero attached hydrogens (tertiary/aromatic N) is 2. The molecule has 0 aliphatic heterocycles. The summed E-state index contributed by atoms with van der Waals surface area (Å²) >= 11 is 12.3. The van der Waals surface area contributed by atoms with Gasteiger partial charge in [0.05, 0.1) is 6.20 Å². The van der Waals surface area contributed by atoms with Crippen molar-refractivity contribution in [3.05, 3.63) is 53.6 Å². The Balaban J connectivity index is 2.20. The number of hydrogen-bond donors (Lipinski definition) is 0. The first kappa shape index (κ1) is 15.3. The van der Waals surface area contributed by atoms with Gasteiger partial charge in [0.15, 0.2) is 0 Å². The van der Waals surface area contributed by atoms with Crippen molar-refractivity contribution >= 4 is 23.2 Å². The van der Waals surface area contributed by atoms with Gasteiger partial charge in [-0.25, -0.2) is 4.39 Å². The fourth-order valence-corrected chi connectivity index (χ4v) is 3.13. The lowest BCUT2D eigenvalue weighted by molar-refractivity contribution is 0.487. The van der Waals surface area contributed by atoms with Gasteiger partial charge >= 0.3 is 0 Å². The Kier molecular flexibility index (Phi) is 5.06. The van der Waals surface area contributed by atoms with Crippen molar-refractivity contribution in [2.24, 2.45) is 7.05 Å². The van der Waals surface area contributed by atoms with Crippen LogP contribution in [0.3, 0.4) is 0 Å². The van der Waals surface area contributed by atoms with Gasteiger partial charge in [0.2, 0.25) is 0 Å². The molecule has 0 saturated carbocycles. The zero-order chi connectivity index (χ0) is 14.6. The van der Waals surface area contributed by atoms with Gasteiger partial charge in [-0.1, -0.05) is 12.1 Å². The van der Waals surface area contributed by atoms with E-state index in [4.69, 9.17) is 23.2 Å². The van der Waals surface area contributed by atoms with E-state index in [-0.39, 0.29) is 5.82 Å². The van der Waals surface area contributed by atoms with Crippen LogP contribution in [0, 0.1) is 5.82 Å². The maximum atomic E-state index is 13.4. The van der Waals surface area contributed by atoms with Gasteiger partial charge in [-0.05, 0) is 36.1 Å². The van der Waals surface area contributed by atoms with Crippen LogP contribution in [-0.2, 0) is 18.9 Å².